The molecule has 0 radical (unpaired) electrons. The first-order chi connectivity index (χ1) is 12.4. The minimum absolute atomic E-state index is 0.381. The molecule has 2 aromatic rings. The van der Waals surface area contributed by atoms with E-state index in [4.69, 9.17) is 11.6 Å². The second-order valence-electron chi connectivity index (χ2n) is 5.90. The van der Waals surface area contributed by atoms with Crippen molar-refractivity contribution in [2.75, 3.05) is 0 Å². The van der Waals surface area contributed by atoms with E-state index in [2.05, 4.69) is 0 Å². The van der Waals surface area contributed by atoms with E-state index in [1.54, 1.807) is 31.2 Å². The van der Waals surface area contributed by atoms with Crippen molar-refractivity contribution in [1.29, 1.82) is 0 Å². The summed E-state index contributed by atoms with van der Waals surface area (Å²) < 4.78 is 23.7. The highest BCUT2D eigenvalue weighted by Gasteiger charge is 2.43. The van der Waals surface area contributed by atoms with Crippen LogP contribution < -0.4 is 0 Å². The molecule has 0 saturated carbocycles. The SMILES string of the molecule is CCC1=CS(=O)(=O)C=CN1C(=O)C(Cl)(c1ccccc1)c1ccccc1. The monoisotopic (exact) mass is 387 g/mol. The molecule has 2 aromatic carbocycles. The number of hydrogen-bond acceptors (Lipinski definition) is 3. The zero-order valence-corrected chi connectivity index (χ0v) is 15.7. The molecule has 1 aliphatic heterocycles. The number of amides is 1. The number of halogens is 1. The average Bonchev–Trinajstić information content (AvgIpc) is 2.67. The maximum atomic E-state index is 13.5. The summed E-state index contributed by atoms with van der Waals surface area (Å²) in [6.45, 7) is 1.79. The largest absolute Gasteiger partial charge is 0.288 e. The summed E-state index contributed by atoms with van der Waals surface area (Å²) in [5.74, 6) is -0.421. The number of carbonyl (C=O) groups is 1. The van der Waals surface area contributed by atoms with Gasteiger partial charge in [-0.1, -0.05) is 79.2 Å². The molecule has 0 saturated heterocycles. The molecule has 1 aliphatic rings. The van der Waals surface area contributed by atoms with Crippen molar-refractivity contribution in [2.45, 2.75) is 18.2 Å². The fraction of sp³-hybridized carbons (Fsp3) is 0.150. The smallest absolute Gasteiger partial charge is 0.261 e. The quantitative estimate of drug-likeness (QED) is 0.740. The van der Waals surface area contributed by atoms with Crippen LogP contribution in [0.5, 0.6) is 0 Å². The molecular formula is C20H18ClNO3S. The maximum Gasteiger partial charge on any atom is 0.261 e. The minimum Gasteiger partial charge on any atom is -0.288 e. The molecule has 6 heteroatoms. The van der Waals surface area contributed by atoms with E-state index in [0.29, 0.717) is 23.2 Å². The van der Waals surface area contributed by atoms with Crippen molar-refractivity contribution in [3.63, 3.8) is 0 Å². The van der Waals surface area contributed by atoms with E-state index < -0.39 is 20.6 Å². The Kier molecular flexibility index (Phi) is 5.03. The standard InChI is InChI=1S/C20H18ClNO3S/c1-2-18-15-26(24,25)14-13-22(18)19(23)20(21,16-9-5-3-6-10-16)17-11-7-4-8-12-17/h3-15H,2H2,1H3. The summed E-state index contributed by atoms with van der Waals surface area (Å²) in [4.78, 5) is 13.4. The second kappa shape index (κ2) is 7.09. The van der Waals surface area contributed by atoms with Crippen molar-refractivity contribution in [3.05, 3.63) is 94.5 Å². The van der Waals surface area contributed by atoms with Crippen molar-refractivity contribution in [1.82, 2.24) is 4.90 Å². The van der Waals surface area contributed by atoms with Crippen LogP contribution in [-0.4, -0.2) is 19.2 Å². The molecule has 0 unspecified atom stereocenters. The Bertz CT molecular complexity index is 927. The number of rotatable bonds is 4. The van der Waals surface area contributed by atoms with E-state index in [1.165, 1.54) is 11.1 Å². The molecule has 0 bridgehead atoms. The van der Waals surface area contributed by atoms with Gasteiger partial charge in [-0.3, -0.25) is 9.69 Å². The van der Waals surface area contributed by atoms with E-state index in [0.717, 1.165) is 10.8 Å². The molecule has 26 heavy (non-hydrogen) atoms. The Morgan fingerprint density at radius 2 is 1.50 bits per heavy atom. The lowest BCUT2D eigenvalue weighted by molar-refractivity contribution is -0.129. The van der Waals surface area contributed by atoms with Crippen molar-refractivity contribution in [3.8, 4) is 0 Å². The predicted molar refractivity (Wildman–Crippen MR) is 103 cm³/mol. The van der Waals surface area contributed by atoms with Gasteiger partial charge in [-0.15, -0.1) is 0 Å². The fourth-order valence-electron chi connectivity index (χ4n) is 2.89. The van der Waals surface area contributed by atoms with Crippen LogP contribution in [-0.2, 0) is 19.5 Å². The first-order valence-electron chi connectivity index (χ1n) is 8.16. The summed E-state index contributed by atoms with van der Waals surface area (Å²) in [6, 6.07) is 18.1. The zero-order valence-electron chi connectivity index (χ0n) is 14.2. The molecule has 0 N–H and O–H groups in total. The lowest BCUT2D eigenvalue weighted by Gasteiger charge is -2.33. The first kappa shape index (κ1) is 18.4. The third-order valence-corrected chi connectivity index (χ3v) is 5.93. The van der Waals surface area contributed by atoms with Gasteiger partial charge in [-0.2, -0.15) is 0 Å². The summed E-state index contributed by atoms with van der Waals surface area (Å²) in [7, 11) is -3.46. The topological polar surface area (TPSA) is 54.5 Å². The van der Waals surface area contributed by atoms with Gasteiger partial charge in [0, 0.05) is 11.9 Å². The van der Waals surface area contributed by atoms with Gasteiger partial charge >= 0.3 is 0 Å². The summed E-state index contributed by atoms with van der Waals surface area (Å²) in [6.07, 6.45) is 1.66. The Morgan fingerprint density at radius 3 is 1.96 bits per heavy atom. The lowest BCUT2D eigenvalue weighted by Crippen LogP contribution is -2.42. The van der Waals surface area contributed by atoms with Crippen molar-refractivity contribution < 1.29 is 13.2 Å². The highest BCUT2D eigenvalue weighted by atomic mass is 35.5. The van der Waals surface area contributed by atoms with Gasteiger partial charge in [0.1, 0.15) is 0 Å². The van der Waals surface area contributed by atoms with Crippen LogP contribution in [0, 0.1) is 0 Å². The number of sulfone groups is 1. The first-order valence-corrected chi connectivity index (χ1v) is 10.1. The fourth-order valence-corrected chi connectivity index (χ4v) is 4.27. The number of carbonyl (C=O) groups excluding carboxylic acids is 1. The molecule has 134 valence electrons. The van der Waals surface area contributed by atoms with Gasteiger partial charge in [0.15, 0.2) is 14.7 Å². The number of nitrogens with zero attached hydrogens (tertiary/aromatic N) is 1. The molecule has 1 heterocycles. The van der Waals surface area contributed by atoms with Gasteiger partial charge in [-0.25, -0.2) is 8.42 Å². The molecular weight excluding hydrogens is 370 g/mol. The zero-order chi connectivity index (χ0) is 18.8. The lowest BCUT2D eigenvalue weighted by atomic mass is 9.88. The van der Waals surface area contributed by atoms with Crippen LogP contribution in [0.3, 0.4) is 0 Å². The molecule has 0 aliphatic carbocycles. The van der Waals surface area contributed by atoms with E-state index in [9.17, 15) is 13.2 Å². The number of allylic oxidation sites excluding steroid dienone is 1. The van der Waals surface area contributed by atoms with E-state index >= 15 is 0 Å². The Hall–Kier alpha value is -2.37. The summed E-state index contributed by atoms with van der Waals surface area (Å²) in [5.41, 5.74) is 1.62. The summed E-state index contributed by atoms with van der Waals surface area (Å²) >= 11 is 6.97. The van der Waals surface area contributed by atoms with Crippen LogP contribution >= 0.6 is 11.6 Å². The molecule has 4 nitrogen and oxygen atoms in total. The van der Waals surface area contributed by atoms with E-state index in [1.807, 2.05) is 36.4 Å². The minimum atomic E-state index is -3.46. The van der Waals surface area contributed by atoms with E-state index in [-0.39, 0.29) is 0 Å². The molecule has 0 spiro atoms. The Balaban J connectivity index is 2.15. The molecule has 0 fully saturated rings. The van der Waals surface area contributed by atoms with Crippen LogP contribution in [0.4, 0.5) is 0 Å². The average molecular weight is 388 g/mol. The van der Waals surface area contributed by atoms with Gasteiger partial charge in [0.25, 0.3) is 5.91 Å². The van der Waals surface area contributed by atoms with Crippen molar-refractivity contribution >= 4 is 27.3 Å². The van der Waals surface area contributed by atoms with Gasteiger partial charge in [0.05, 0.1) is 10.8 Å². The van der Waals surface area contributed by atoms with Crippen LogP contribution in [0.1, 0.15) is 24.5 Å². The van der Waals surface area contributed by atoms with Crippen molar-refractivity contribution in [2.24, 2.45) is 0 Å². The highest BCUT2D eigenvalue weighted by molar-refractivity contribution is 7.97. The van der Waals surface area contributed by atoms with Crippen LogP contribution in [0.25, 0.3) is 0 Å². The normalized spacial score (nSPS) is 16.2. The number of benzene rings is 2. The maximum absolute atomic E-state index is 13.5. The van der Waals surface area contributed by atoms with Gasteiger partial charge < -0.3 is 0 Å². The number of hydrogen-bond donors (Lipinski definition) is 0. The molecule has 0 atom stereocenters. The molecule has 1 amide bonds. The Morgan fingerprint density at radius 1 is 1.00 bits per heavy atom. The molecule has 3 rings (SSSR count). The second-order valence-corrected chi connectivity index (χ2v) is 8.16. The van der Waals surface area contributed by atoms with Crippen LogP contribution in [0.2, 0.25) is 0 Å². The van der Waals surface area contributed by atoms with Gasteiger partial charge in [-0.05, 0) is 17.5 Å². The third kappa shape index (κ3) is 3.32. The highest BCUT2D eigenvalue weighted by Crippen LogP contribution is 2.40. The molecule has 0 aromatic heterocycles. The predicted octanol–water partition coefficient (Wildman–Crippen LogP) is 4.15. The van der Waals surface area contributed by atoms with Gasteiger partial charge in [0.2, 0.25) is 0 Å². The third-order valence-electron chi connectivity index (χ3n) is 4.23. The van der Waals surface area contributed by atoms with Crippen LogP contribution in [0.15, 0.2) is 83.4 Å². The Labute approximate surface area is 158 Å². The summed E-state index contributed by atoms with van der Waals surface area (Å²) in [5, 5.41) is 2.12. The number of alkyl halides is 1.